The van der Waals surface area contributed by atoms with Crippen LogP contribution in [0.1, 0.15) is 21.6 Å². The third-order valence-corrected chi connectivity index (χ3v) is 6.34. The Kier molecular flexibility index (Phi) is 4.18. The number of nitrogens with one attached hydrogen (secondary N) is 1. The van der Waals surface area contributed by atoms with Crippen molar-refractivity contribution >= 4 is 33.3 Å². The van der Waals surface area contributed by atoms with Crippen LogP contribution in [0, 0.1) is 0 Å². The van der Waals surface area contributed by atoms with Crippen molar-refractivity contribution in [1.29, 1.82) is 0 Å². The summed E-state index contributed by atoms with van der Waals surface area (Å²) in [5.41, 5.74) is 9.55. The van der Waals surface area contributed by atoms with Crippen LogP contribution in [0.15, 0.2) is 65.6 Å². The number of amides is 1. The molecule has 162 valence electrons. The molecule has 0 saturated heterocycles. The van der Waals surface area contributed by atoms with Crippen molar-refractivity contribution < 1.29 is 4.79 Å². The molecule has 0 unspecified atom stereocenters. The SMILES string of the molecule is Cn1ncc(-c2ccc3c(=O)[nH]nc(CN)c3c2)c1N1Cc2ccc3ccccc3c2C1=O. The van der Waals surface area contributed by atoms with Crippen molar-refractivity contribution in [3.8, 4) is 11.1 Å². The minimum atomic E-state index is -0.266. The highest BCUT2D eigenvalue weighted by atomic mass is 16.2. The summed E-state index contributed by atoms with van der Waals surface area (Å²) in [5.74, 6) is 0.653. The van der Waals surface area contributed by atoms with Crippen LogP contribution in [0.3, 0.4) is 0 Å². The van der Waals surface area contributed by atoms with Gasteiger partial charge in [0.1, 0.15) is 5.82 Å². The number of anilines is 1. The van der Waals surface area contributed by atoms with Gasteiger partial charge in [-0.15, -0.1) is 0 Å². The Hall–Kier alpha value is -4.30. The molecule has 0 aliphatic carbocycles. The van der Waals surface area contributed by atoms with Crippen LogP contribution in [0.25, 0.3) is 32.7 Å². The van der Waals surface area contributed by atoms with E-state index in [0.717, 1.165) is 33.0 Å². The van der Waals surface area contributed by atoms with Crippen molar-refractivity contribution in [2.45, 2.75) is 13.1 Å². The zero-order chi connectivity index (χ0) is 22.7. The smallest absolute Gasteiger partial charge is 0.272 e. The maximum absolute atomic E-state index is 13.6. The first-order valence-corrected chi connectivity index (χ1v) is 10.6. The number of fused-ring (bicyclic) bond motifs is 4. The van der Waals surface area contributed by atoms with Crippen LogP contribution >= 0.6 is 0 Å². The zero-order valence-electron chi connectivity index (χ0n) is 17.9. The van der Waals surface area contributed by atoms with Crippen LogP contribution < -0.4 is 16.2 Å². The Labute approximate surface area is 188 Å². The number of aromatic nitrogens is 4. The number of aromatic amines is 1. The normalized spacial score (nSPS) is 13.3. The molecule has 3 N–H and O–H groups in total. The third kappa shape index (κ3) is 2.81. The first kappa shape index (κ1) is 19.4. The van der Waals surface area contributed by atoms with Gasteiger partial charge in [-0.3, -0.25) is 19.2 Å². The molecular formula is C25H20N6O2. The third-order valence-electron chi connectivity index (χ3n) is 6.34. The molecule has 0 radical (unpaired) electrons. The van der Waals surface area contributed by atoms with Crippen molar-refractivity contribution in [1.82, 2.24) is 20.0 Å². The Balaban J connectivity index is 1.51. The molecule has 0 atom stereocenters. The number of nitrogens with two attached hydrogens (primary N) is 1. The Morgan fingerprint density at radius 3 is 2.73 bits per heavy atom. The van der Waals surface area contributed by atoms with Gasteiger partial charge in [-0.05, 0) is 34.0 Å². The fourth-order valence-electron chi connectivity index (χ4n) is 4.75. The lowest BCUT2D eigenvalue weighted by Crippen LogP contribution is -2.26. The molecular weight excluding hydrogens is 416 g/mol. The number of benzene rings is 3. The second-order valence-electron chi connectivity index (χ2n) is 8.18. The van der Waals surface area contributed by atoms with Crippen molar-refractivity contribution in [2.75, 3.05) is 4.90 Å². The molecule has 3 aromatic carbocycles. The number of carbonyl (C=O) groups is 1. The highest BCUT2D eigenvalue weighted by Crippen LogP contribution is 2.38. The van der Waals surface area contributed by atoms with Gasteiger partial charge in [-0.2, -0.15) is 10.2 Å². The Bertz CT molecular complexity index is 1650. The molecule has 0 fully saturated rings. The molecule has 3 heterocycles. The molecule has 0 spiro atoms. The summed E-state index contributed by atoms with van der Waals surface area (Å²) < 4.78 is 1.71. The lowest BCUT2D eigenvalue weighted by Gasteiger charge is -2.18. The van der Waals surface area contributed by atoms with E-state index in [2.05, 4.69) is 21.4 Å². The fraction of sp³-hybridized carbons (Fsp3) is 0.120. The summed E-state index contributed by atoms with van der Waals surface area (Å²) in [6.07, 6.45) is 1.74. The van der Waals surface area contributed by atoms with E-state index in [-0.39, 0.29) is 18.0 Å². The largest absolute Gasteiger partial charge is 0.325 e. The number of rotatable bonds is 3. The minimum absolute atomic E-state index is 0.0480. The number of hydrogen-bond donors (Lipinski definition) is 2. The highest BCUT2D eigenvalue weighted by molar-refractivity contribution is 6.18. The molecule has 0 saturated carbocycles. The van der Waals surface area contributed by atoms with Crippen LogP contribution in [0.5, 0.6) is 0 Å². The number of aryl methyl sites for hydroxylation is 1. The number of carbonyl (C=O) groups excluding carboxylic acids is 1. The van der Waals surface area contributed by atoms with E-state index in [0.29, 0.717) is 28.8 Å². The molecule has 1 amide bonds. The predicted molar refractivity (Wildman–Crippen MR) is 127 cm³/mol. The highest BCUT2D eigenvalue weighted by Gasteiger charge is 2.33. The first-order valence-electron chi connectivity index (χ1n) is 10.6. The molecule has 8 nitrogen and oxygen atoms in total. The summed E-state index contributed by atoms with van der Waals surface area (Å²) in [7, 11) is 1.83. The van der Waals surface area contributed by atoms with Crippen LogP contribution in [0.4, 0.5) is 5.82 Å². The zero-order valence-corrected chi connectivity index (χ0v) is 17.9. The Morgan fingerprint density at radius 2 is 1.88 bits per heavy atom. The first-order chi connectivity index (χ1) is 16.1. The van der Waals surface area contributed by atoms with Crippen molar-refractivity contribution in [2.24, 2.45) is 12.8 Å². The molecule has 1 aliphatic heterocycles. The summed E-state index contributed by atoms with van der Waals surface area (Å²) in [5, 5.41) is 14.2. The van der Waals surface area contributed by atoms with Gasteiger partial charge >= 0.3 is 0 Å². The number of H-pyrrole nitrogens is 1. The van der Waals surface area contributed by atoms with Gasteiger partial charge in [-0.25, -0.2) is 5.10 Å². The van der Waals surface area contributed by atoms with Crippen LogP contribution in [-0.2, 0) is 20.1 Å². The van der Waals surface area contributed by atoms with Crippen LogP contribution in [0.2, 0.25) is 0 Å². The van der Waals surface area contributed by atoms with Gasteiger partial charge < -0.3 is 5.73 Å². The fourth-order valence-corrected chi connectivity index (χ4v) is 4.75. The second-order valence-corrected chi connectivity index (χ2v) is 8.18. The molecule has 5 aromatic rings. The molecule has 0 bridgehead atoms. The quantitative estimate of drug-likeness (QED) is 0.452. The van der Waals surface area contributed by atoms with Gasteiger partial charge in [0, 0.05) is 24.5 Å². The molecule has 8 heteroatoms. The van der Waals surface area contributed by atoms with E-state index in [4.69, 9.17) is 5.73 Å². The van der Waals surface area contributed by atoms with Crippen LogP contribution in [-0.4, -0.2) is 25.9 Å². The van der Waals surface area contributed by atoms with E-state index in [1.165, 1.54) is 0 Å². The number of nitrogens with zero attached hydrogens (tertiary/aromatic N) is 4. The standard InChI is InChI=1S/C25H20N6O2/c1-30-24(31-13-16-7-6-14-4-2-3-5-17(14)22(16)25(31)33)20(12-27-30)15-8-9-18-19(10-15)21(11-26)28-29-23(18)32/h2-10,12H,11,13,26H2,1H3,(H,29,32). The maximum Gasteiger partial charge on any atom is 0.272 e. The molecule has 6 rings (SSSR count). The van der Waals surface area contributed by atoms with E-state index in [9.17, 15) is 9.59 Å². The van der Waals surface area contributed by atoms with Crippen molar-refractivity contribution in [3.05, 3.63) is 88.0 Å². The lowest BCUT2D eigenvalue weighted by molar-refractivity contribution is 0.0996. The topological polar surface area (TPSA) is 110 Å². The lowest BCUT2D eigenvalue weighted by atomic mass is 10.0. The van der Waals surface area contributed by atoms with E-state index < -0.39 is 0 Å². The van der Waals surface area contributed by atoms with E-state index >= 15 is 0 Å². The monoisotopic (exact) mass is 436 g/mol. The summed E-state index contributed by atoms with van der Waals surface area (Å²) in [6.45, 7) is 0.665. The summed E-state index contributed by atoms with van der Waals surface area (Å²) in [4.78, 5) is 27.6. The van der Waals surface area contributed by atoms with E-state index in [1.54, 1.807) is 21.8 Å². The van der Waals surface area contributed by atoms with E-state index in [1.807, 2.05) is 49.5 Å². The van der Waals surface area contributed by atoms with Gasteiger partial charge in [0.25, 0.3) is 11.5 Å². The second kappa shape index (κ2) is 7.11. The molecule has 33 heavy (non-hydrogen) atoms. The summed E-state index contributed by atoms with van der Waals surface area (Å²) in [6, 6.07) is 17.5. The van der Waals surface area contributed by atoms with Crippen molar-refractivity contribution in [3.63, 3.8) is 0 Å². The average molecular weight is 436 g/mol. The van der Waals surface area contributed by atoms with Gasteiger partial charge in [0.05, 0.1) is 29.4 Å². The summed E-state index contributed by atoms with van der Waals surface area (Å²) >= 11 is 0. The Morgan fingerprint density at radius 1 is 1.03 bits per heavy atom. The minimum Gasteiger partial charge on any atom is -0.325 e. The number of hydrogen-bond acceptors (Lipinski definition) is 5. The van der Waals surface area contributed by atoms with Gasteiger partial charge in [0.2, 0.25) is 0 Å². The molecule has 2 aromatic heterocycles. The maximum atomic E-state index is 13.6. The molecule has 1 aliphatic rings. The average Bonchev–Trinajstić information content (AvgIpc) is 3.38. The van der Waals surface area contributed by atoms with Gasteiger partial charge in [0.15, 0.2) is 0 Å². The predicted octanol–water partition coefficient (Wildman–Crippen LogP) is 3.10. The van der Waals surface area contributed by atoms with Gasteiger partial charge in [-0.1, -0.05) is 42.5 Å².